The first-order valence-electron chi connectivity index (χ1n) is 3.04. The highest BCUT2D eigenvalue weighted by Gasteiger charge is 2.13. The van der Waals surface area contributed by atoms with E-state index >= 15 is 0 Å². The van der Waals surface area contributed by atoms with E-state index in [1.54, 1.807) is 13.2 Å². The second-order valence-corrected chi connectivity index (χ2v) is 2.69. The molecule has 64 valence electrons. The van der Waals surface area contributed by atoms with Gasteiger partial charge < -0.3 is 10.1 Å². The number of amides is 1. The van der Waals surface area contributed by atoms with Crippen LogP contribution in [0.3, 0.4) is 0 Å². The average Bonchev–Trinajstić information content (AvgIpc) is 2.02. The van der Waals surface area contributed by atoms with E-state index in [1.165, 1.54) is 7.11 Å². The van der Waals surface area contributed by atoms with Gasteiger partial charge in [-0.15, -0.1) is 0 Å². The summed E-state index contributed by atoms with van der Waals surface area (Å²) in [5.74, 6) is 0. The van der Waals surface area contributed by atoms with Gasteiger partial charge in [-0.05, 0) is 13.2 Å². The van der Waals surface area contributed by atoms with Gasteiger partial charge in [-0.25, -0.2) is 4.79 Å². The number of carbonyl (C=O) groups is 2. The van der Waals surface area contributed by atoms with E-state index in [9.17, 15) is 9.59 Å². The molecule has 1 atom stereocenters. The SMILES string of the molecule is COC(=O)NC(C)C(=O)SC. The molecule has 0 radical (unpaired) electrons. The van der Waals surface area contributed by atoms with Gasteiger partial charge in [0.15, 0.2) is 0 Å². The van der Waals surface area contributed by atoms with Gasteiger partial charge in [-0.1, -0.05) is 11.8 Å². The smallest absolute Gasteiger partial charge is 0.407 e. The maximum absolute atomic E-state index is 10.9. The van der Waals surface area contributed by atoms with E-state index in [2.05, 4.69) is 10.1 Å². The Balaban J connectivity index is 3.77. The third-order valence-electron chi connectivity index (χ3n) is 1.07. The predicted molar refractivity (Wildman–Crippen MR) is 43.5 cm³/mol. The van der Waals surface area contributed by atoms with Crippen LogP contribution in [0.4, 0.5) is 4.79 Å². The second-order valence-electron chi connectivity index (χ2n) is 1.88. The third-order valence-corrected chi connectivity index (χ3v) is 1.83. The Kier molecular flexibility index (Phi) is 4.69. The summed E-state index contributed by atoms with van der Waals surface area (Å²) in [5, 5.41) is 2.26. The Morgan fingerprint density at radius 3 is 2.45 bits per heavy atom. The van der Waals surface area contributed by atoms with Gasteiger partial charge >= 0.3 is 6.09 Å². The molecule has 0 aromatic rings. The van der Waals surface area contributed by atoms with E-state index < -0.39 is 12.1 Å². The van der Waals surface area contributed by atoms with Crippen LogP contribution in [-0.2, 0) is 9.53 Å². The van der Waals surface area contributed by atoms with Gasteiger partial charge in [-0.3, -0.25) is 4.79 Å². The number of hydrogen-bond donors (Lipinski definition) is 1. The van der Waals surface area contributed by atoms with Crippen LogP contribution in [0.25, 0.3) is 0 Å². The fourth-order valence-corrected chi connectivity index (χ4v) is 0.884. The summed E-state index contributed by atoms with van der Waals surface area (Å²) in [7, 11) is 1.26. The Bertz CT molecular complexity index is 160. The highest BCUT2D eigenvalue weighted by Crippen LogP contribution is 1.99. The first-order valence-corrected chi connectivity index (χ1v) is 4.26. The zero-order chi connectivity index (χ0) is 8.85. The summed E-state index contributed by atoms with van der Waals surface area (Å²) in [6.45, 7) is 1.61. The van der Waals surface area contributed by atoms with Crippen LogP contribution < -0.4 is 5.32 Å². The van der Waals surface area contributed by atoms with Crippen molar-refractivity contribution < 1.29 is 14.3 Å². The molecule has 0 aromatic carbocycles. The minimum atomic E-state index is -0.583. The number of thioether (sulfide) groups is 1. The number of rotatable bonds is 2. The summed E-state index contributed by atoms with van der Waals surface area (Å²) >= 11 is 1.08. The second kappa shape index (κ2) is 5.01. The lowest BCUT2D eigenvalue weighted by Crippen LogP contribution is -2.36. The Labute approximate surface area is 69.7 Å². The molecule has 0 saturated carbocycles. The molecule has 0 rings (SSSR count). The molecule has 1 N–H and O–H groups in total. The van der Waals surface area contributed by atoms with E-state index in [1.807, 2.05) is 0 Å². The van der Waals surface area contributed by atoms with Gasteiger partial charge in [0.2, 0.25) is 5.12 Å². The summed E-state index contributed by atoms with van der Waals surface area (Å²) < 4.78 is 4.30. The summed E-state index contributed by atoms with van der Waals surface area (Å²) in [4.78, 5) is 21.4. The van der Waals surface area contributed by atoms with Crippen molar-refractivity contribution in [1.29, 1.82) is 0 Å². The normalized spacial score (nSPS) is 11.9. The largest absolute Gasteiger partial charge is 0.453 e. The zero-order valence-electron chi connectivity index (χ0n) is 6.71. The van der Waals surface area contributed by atoms with E-state index in [4.69, 9.17) is 0 Å². The number of nitrogens with one attached hydrogen (secondary N) is 1. The topological polar surface area (TPSA) is 55.4 Å². The van der Waals surface area contributed by atoms with Crippen LogP contribution in [0.15, 0.2) is 0 Å². The molecule has 1 unspecified atom stereocenters. The molecule has 0 fully saturated rings. The van der Waals surface area contributed by atoms with Gasteiger partial charge in [-0.2, -0.15) is 0 Å². The Morgan fingerprint density at radius 2 is 2.09 bits per heavy atom. The molecule has 0 spiro atoms. The number of carbonyl (C=O) groups excluding carboxylic acids is 2. The van der Waals surface area contributed by atoms with Crippen LogP contribution in [-0.4, -0.2) is 30.6 Å². The van der Waals surface area contributed by atoms with Crippen molar-refractivity contribution in [3.63, 3.8) is 0 Å². The van der Waals surface area contributed by atoms with Crippen LogP contribution in [0, 0.1) is 0 Å². The maximum Gasteiger partial charge on any atom is 0.407 e. The number of methoxy groups -OCH3 is 1. The summed E-state index contributed by atoms with van der Waals surface area (Å²) in [6.07, 6.45) is 1.08. The molecular formula is C6H11NO3S. The Morgan fingerprint density at radius 1 is 1.55 bits per heavy atom. The molecule has 0 aromatic heterocycles. The lowest BCUT2D eigenvalue weighted by atomic mass is 10.4. The average molecular weight is 177 g/mol. The van der Waals surface area contributed by atoms with E-state index in [0.29, 0.717) is 0 Å². The van der Waals surface area contributed by atoms with Gasteiger partial charge in [0, 0.05) is 0 Å². The van der Waals surface area contributed by atoms with Gasteiger partial charge in [0.05, 0.1) is 13.2 Å². The molecular weight excluding hydrogens is 166 g/mol. The third kappa shape index (κ3) is 3.87. The van der Waals surface area contributed by atoms with E-state index in [0.717, 1.165) is 11.8 Å². The quantitative estimate of drug-likeness (QED) is 0.671. The van der Waals surface area contributed by atoms with Crippen LogP contribution >= 0.6 is 11.8 Å². The highest BCUT2D eigenvalue weighted by atomic mass is 32.2. The van der Waals surface area contributed by atoms with Gasteiger partial charge in [0.1, 0.15) is 0 Å². The standard InChI is InChI=1S/C6H11NO3S/c1-4(5(8)11-3)7-6(9)10-2/h4H,1-3H3,(H,7,9). The van der Waals surface area contributed by atoms with Crippen LogP contribution in [0.5, 0.6) is 0 Å². The van der Waals surface area contributed by atoms with E-state index in [-0.39, 0.29) is 5.12 Å². The fourth-order valence-electron chi connectivity index (χ4n) is 0.471. The summed E-state index contributed by atoms with van der Waals surface area (Å²) in [6, 6.07) is -0.488. The van der Waals surface area contributed by atoms with Crippen molar-refractivity contribution in [3.8, 4) is 0 Å². The van der Waals surface area contributed by atoms with Gasteiger partial charge in [0.25, 0.3) is 0 Å². The zero-order valence-corrected chi connectivity index (χ0v) is 7.53. The molecule has 11 heavy (non-hydrogen) atoms. The monoisotopic (exact) mass is 177 g/mol. The maximum atomic E-state index is 10.9. The molecule has 1 amide bonds. The molecule has 5 heteroatoms. The van der Waals surface area contributed by atoms with Crippen molar-refractivity contribution in [2.75, 3.05) is 13.4 Å². The van der Waals surface area contributed by atoms with Crippen molar-refractivity contribution in [3.05, 3.63) is 0 Å². The molecule has 0 heterocycles. The lowest BCUT2D eigenvalue weighted by molar-refractivity contribution is -0.112. The minimum absolute atomic E-state index is 0.0876. The first kappa shape index (κ1) is 10.3. The van der Waals surface area contributed by atoms with Crippen molar-refractivity contribution in [1.82, 2.24) is 5.32 Å². The molecule has 4 nitrogen and oxygen atoms in total. The molecule has 0 aliphatic rings. The van der Waals surface area contributed by atoms with Crippen LogP contribution in [0.2, 0.25) is 0 Å². The molecule has 0 saturated heterocycles. The molecule has 0 aliphatic heterocycles. The first-order chi connectivity index (χ1) is 5.11. The van der Waals surface area contributed by atoms with Crippen molar-refractivity contribution in [2.45, 2.75) is 13.0 Å². The Hall–Kier alpha value is -0.710. The van der Waals surface area contributed by atoms with Crippen molar-refractivity contribution in [2.24, 2.45) is 0 Å². The number of hydrogen-bond acceptors (Lipinski definition) is 4. The van der Waals surface area contributed by atoms with Crippen molar-refractivity contribution >= 4 is 23.0 Å². The molecule has 0 aliphatic carbocycles. The number of ether oxygens (including phenoxy) is 1. The minimum Gasteiger partial charge on any atom is -0.453 e. The van der Waals surface area contributed by atoms with Crippen LogP contribution in [0.1, 0.15) is 6.92 Å². The summed E-state index contributed by atoms with van der Waals surface area (Å²) in [5.41, 5.74) is 0. The predicted octanol–water partition coefficient (Wildman–Crippen LogP) is 0.620. The fraction of sp³-hybridized carbons (Fsp3) is 0.667. The lowest BCUT2D eigenvalue weighted by Gasteiger charge is -2.08. The molecule has 0 bridgehead atoms. The highest BCUT2D eigenvalue weighted by molar-refractivity contribution is 8.13. The number of alkyl carbamates (subject to hydrolysis) is 1.